The summed E-state index contributed by atoms with van der Waals surface area (Å²) >= 11 is 0. The van der Waals surface area contributed by atoms with Crippen molar-refractivity contribution in [2.75, 3.05) is 0 Å². The van der Waals surface area contributed by atoms with Gasteiger partial charge in [0.05, 0.1) is 4.92 Å². The number of non-ortho nitro benzene ring substituents is 1. The van der Waals surface area contributed by atoms with E-state index >= 15 is 0 Å². The maximum absolute atomic E-state index is 13.0. The van der Waals surface area contributed by atoms with Crippen molar-refractivity contribution in [1.29, 1.82) is 0 Å². The first kappa shape index (κ1) is 16.7. The Kier molecular flexibility index (Phi) is 4.22. The Balaban J connectivity index is 1.82. The van der Waals surface area contributed by atoms with E-state index in [2.05, 4.69) is 6.07 Å². The molecule has 0 aliphatic rings. The minimum atomic E-state index is -0.447. The third-order valence-electron chi connectivity index (χ3n) is 4.53. The van der Waals surface area contributed by atoms with Crippen molar-refractivity contribution in [2.45, 2.75) is 0 Å². The van der Waals surface area contributed by atoms with Gasteiger partial charge < -0.3 is 0 Å². The molecule has 0 N–H and O–H groups in total. The molecule has 0 bridgehead atoms. The van der Waals surface area contributed by atoms with Gasteiger partial charge in [0.25, 0.3) is 5.69 Å². The SMILES string of the molecule is O=C(/C=C/c1cccc([N+](=O)[O-])c1)c1c2ccccc2cc2ccccc12. The number of benzene rings is 4. The van der Waals surface area contributed by atoms with Gasteiger partial charge in [-0.15, -0.1) is 0 Å². The first-order valence-corrected chi connectivity index (χ1v) is 8.51. The van der Waals surface area contributed by atoms with Gasteiger partial charge in [-0.2, -0.15) is 0 Å². The Morgan fingerprint density at radius 2 is 1.44 bits per heavy atom. The zero-order chi connectivity index (χ0) is 18.8. The zero-order valence-corrected chi connectivity index (χ0v) is 14.3. The number of nitrogens with zero attached hydrogens (tertiary/aromatic N) is 1. The highest BCUT2D eigenvalue weighted by molar-refractivity contribution is 6.23. The van der Waals surface area contributed by atoms with Crippen LogP contribution in [-0.4, -0.2) is 10.7 Å². The van der Waals surface area contributed by atoms with E-state index in [9.17, 15) is 14.9 Å². The first-order valence-electron chi connectivity index (χ1n) is 8.51. The molecule has 4 nitrogen and oxygen atoms in total. The largest absolute Gasteiger partial charge is 0.289 e. The molecule has 0 radical (unpaired) electrons. The molecule has 4 heteroatoms. The van der Waals surface area contributed by atoms with Crippen molar-refractivity contribution < 1.29 is 9.72 Å². The monoisotopic (exact) mass is 353 g/mol. The van der Waals surface area contributed by atoms with E-state index in [-0.39, 0.29) is 11.5 Å². The van der Waals surface area contributed by atoms with Crippen molar-refractivity contribution in [3.8, 4) is 0 Å². The molecule has 27 heavy (non-hydrogen) atoms. The minimum absolute atomic E-state index is 0.000194. The molecule has 4 aromatic carbocycles. The number of ketones is 1. The fourth-order valence-electron chi connectivity index (χ4n) is 3.28. The van der Waals surface area contributed by atoms with Crippen LogP contribution in [-0.2, 0) is 0 Å². The van der Waals surface area contributed by atoms with E-state index in [0.29, 0.717) is 11.1 Å². The number of carbonyl (C=O) groups excluding carboxylic acids is 1. The summed E-state index contributed by atoms with van der Waals surface area (Å²) in [6, 6.07) is 23.9. The van der Waals surface area contributed by atoms with E-state index in [1.807, 2.05) is 48.5 Å². The van der Waals surface area contributed by atoms with Crippen LogP contribution in [0.25, 0.3) is 27.6 Å². The fraction of sp³-hybridized carbons (Fsp3) is 0. The van der Waals surface area contributed by atoms with Crippen LogP contribution in [0.4, 0.5) is 5.69 Å². The van der Waals surface area contributed by atoms with E-state index < -0.39 is 4.92 Å². The lowest BCUT2D eigenvalue weighted by molar-refractivity contribution is -0.384. The van der Waals surface area contributed by atoms with E-state index in [1.165, 1.54) is 18.2 Å². The summed E-state index contributed by atoms with van der Waals surface area (Å²) in [4.78, 5) is 23.5. The second-order valence-electron chi connectivity index (χ2n) is 6.24. The highest BCUT2D eigenvalue weighted by Gasteiger charge is 2.13. The van der Waals surface area contributed by atoms with Gasteiger partial charge in [0.15, 0.2) is 5.78 Å². The molecule has 0 saturated carbocycles. The molecule has 0 saturated heterocycles. The average molecular weight is 353 g/mol. The second kappa shape index (κ2) is 6.84. The molecule has 0 unspecified atom stereocenters. The van der Waals surface area contributed by atoms with Gasteiger partial charge in [-0.3, -0.25) is 14.9 Å². The first-order chi connectivity index (χ1) is 13.1. The predicted molar refractivity (Wildman–Crippen MR) is 108 cm³/mol. The molecule has 0 fully saturated rings. The van der Waals surface area contributed by atoms with Crippen molar-refractivity contribution >= 4 is 39.1 Å². The van der Waals surface area contributed by atoms with Crippen molar-refractivity contribution in [3.05, 3.63) is 106 Å². The molecule has 4 aromatic rings. The number of hydrogen-bond acceptors (Lipinski definition) is 3. The van der Waals surface area contributed by atoms with Gasteiger partial charge in [-0.1, -0.05) is 66.7 Å². The van der Waals surface area contributed by atoms with Gasteiger partial charge in [0, 0.05) is 17.7 Å². The minimum Gasteiger partial charge on any atom is -0.289 e. The summed E-state index contributed by atoms with van der Waals surface area (Å²) < 4.78 is 0. The van der Waals surface area contributed by atoms with E-state index in [0.717, 1.165) is 21.5 Å². The molecule has 0 aliphatic heterocycles. The molecule has 0 atom stereocenters. The van der Waals surface area contributed by atoms with Crippen molar-refractivity contribution in [3.63, 3.8) is 0 Å². The van der Waals surface area contributed by atoms with Gasteiger partial charge >= 0.3 is 0 Å². The zero-order valence-electron chi connectivity index (χ0n) is 14.3. The van der Waals surface area contributed by atoms with Crippen LogP contribution in [0.15, 0.2) is 84.9 Å². The Morgan fingerprint density at radius 1 is 0.815 bits per heavy atom. The van der Waals surface area contributed by atoms with Gasteiger partial charge in [0.1, 0.15) is 0 Å². The molecule has 130 valence electrons. The van der Waals surface area contributed by atoms with Crippen LogP contribution in [0.2, 0.25) is 0 Å². The quantitative estimate of drug-likeness (QED) is 0.153. The molecule has 0 spiro atoms. The number of nitro benzene ring substituents is 1. The average Bonchev–Trinajstić information content (AvgIpc) is 2.70. The Bertz CT molecular complexity index is 1170. The van der Waals surface area contributed by atoms with E-state index in [1.54, 1.807) is 18.2 Å². The van der Waals surface area contributed by atoms with Crippen LogP contribution >= 0.6 is 0 Å². The number of rotatable bonds is 4. The third-order valence-corrected chi connectivity index (χ3v) is 4.53. The van der Waals surface area contributed by atoms with Crippen LogP contribution in [0.1, 0.15) is 15.9 Å². The lowest BCUT2D eigenvalue weighted by Gasteiger charge is -2.09. The molecule has 0 aromatic heterocycles. The maximum Gasteiger partial charge on any atom is 0.270 e. The summed E-state index contributed by atoms with van der Waals surface area (Å²) in [5.41, 5.74) is 1.26. The fourth-order valence-corrected chi connectivity index (χ4v) is 3.28. The van der Waals surface area contributed by atoms with Gasteiger partial charge in [-0.25, -0.2) is 0 Å². The molecule has 0 heterocycles. The van der Waals surface area contributed by atoms with Crippen LogP contribution < -0.4 is 0 Å². The van der Waals surface area contributed by atoms with E-state index in [4.69, 9.17) is 0 Å². The maximum atomic E-state index is 13.0. The van der Waals surface area contributed by atoms with Crippen LogP contribution in [0, 0.1) is 10.1 Å². The topological polar surface area (TPSA) is 60.2 Å². The van der Waals surface area contributed by atoms with Gasteiger partial charge in [-0.05, 0) is 39.3 Å². The molecule has 4 rings (SSSR count). The summed E-state index contributed by atoms with van der Waals surface area (Å²) in [7, 11) is 0. The van der Waals surface area contributed by atoms with Crippen molar-refractivity contribution in [2.24, 2.45) is 0 Å². The number of fused-ring (bicyclic) bond motifs is 2. The van der Waals surface area contributed by atoms with Crippen LogP contribution in [0.3, 0.4) is 0 Å². The summed E-state index contributed by atoms with van der Waals surface area (Å²) in [6.45, 7) is 0. The number of hydrogen-bond donors (Lipinski definition) is 0. The lowest BCUT2D eigenvalue weighted by atomic mass is 9.94. The normalized spacial score (nSPS) is 11.3. The summed E-state index contributed by atoms with van der Waals surface area (Å²) in [5, 5.41) is 14.7. The standard InChI is InChI=1S/C23H15NO3/c25-22(13-12-16-6-5-9-19(14-16)24(26)27)23-20-10-3-1-7-17(20)15-18-8-2-4-11-21(18)23/h1-15H/b13-12+. The number of allylic oxidation sites excluding steroid dienone is 1. The Labute approximate surface area is 155 Å². The smallest absolute Gasteiger partial charge is 0.270 e. The Morgan fingerprint density at radius 3 is 2.07 bits per heavy atom. The molecule has 0 aliphatic carbocycles. The third kappa shape index (κ3) is 3.20. The highest BCUT2D eigenvalue weighted by atomic mass is 16.6. The molecular formula is C23H15NO3. The Hall–Kier alpha value is -3.79. The summed E-state index contributed by atoms with van der Waals surface area (Å²) in [6.07, 6.45) is 3.10. The molecular weight excluding hydrogens is 338 g/mol. The molecule has 0 amide bonds. The lowest BCUT2D eigenvalue weighted by Crippen LogP contribution is -1.98. The highest BCUT2D eigenvalue weighted by Crippen LogP contribution is 2.29. The second-order valence-corrected chi connectivity index (χ2v) is 6.24. The van der Waals surface area contributed by atoms with Crippen LogP contribution in [0.5, 0.6) is 0 Å². The number of nitro groups is 1. The van der Waals surface area contributed by atoms with Gasteiger partial charge in [0.2, 0.25) is 0 Å². The summed E-state index contributed by atoms with van der Waals surface area (Å²) in [5.74, 6) is -0.130. The number of carbonyl (C=O) groups is 1. The van der Waals surface area contributed by atoms with Crippen molar-refractivity contribution in [1.82, 2.24) is 0 Å². The predicted octanol–water partition coefficient (Wildman–Crippen LogP) is 5.80.